The molecule has 3 nitrogen and oxygen atoms in total. The lowest BCUT2D eigenvalue weighted by atomic mass is 10.1. The molecule has 0 fully saturated rings. The highest BCUT2D eigenvalue weighted by atomic mass is 79.9. The van der Waals surface area contributed by atoms with Crippen LogP contribution < -0.4 is 9.47 Å². The zero-order valence-electron chi connectivity index (χ0n) is 13.4. The van der Waals surface area contributed by atoms with Gasteiger partial charge in [-0.1, -0.05) is 23.7 Å². The SMILES string of the molecule is COc1cc(OC)c2c(c1Br)CN(C(C)c1ccc(Cl)cc1)C2. The summed E-state index contributed by atoms with van der Waals surface area (Å²) < 4.78 is 12.0. The van der Waals surface area contributed by atoms with E-state index < -0.39 is 0 Å². The maximum atomic E-state index is 5.99. The van der Waals surface area contributed by atoms with Crippen LogP contribution in [0, 0.1) is 0 Å². The van der Waals surface area contributed by atoms with Crippen LogP contribution in [-0.2, 0) is 13.1 Å². The van der Waals surface area contributed by atoms with Crippen LogP contribution in [-0.4, -0.2) is 19.1 Å². The van der Waals surface area contributed by atoms with Crippen molar-refractivity contribution in [1.82, 2.24) is 4.90 Å². The molecule has 0 radical (unpaired) electrons. The molecule has 5 heteroatoms. The molecule has 0 amide bonds. The second-order valence-corrected chi connectivity index (χ2v) is 6.91. The van der Waals surface area contributed by atoms with E-state index in [1.165, 1.54) is 16.7 Å². The number of fused-ring (bicyclic) bond motifs is 1. The Morgan fingerprint density at radius 3 is 2.26 bits per heavy atom. The summed E-state index contributed by atoms with van der Waals surface area (Å²) >= 11 is 9.67. The zero-order valence-corrected chi connectivity index (χ0v) is 15.7. The quantitative estimate of drug-likeness (QED) is 0.709. The highest BCUT2D eigenvalue weighted by molar-refractivity contribution is 9.10. The first-order chi connectivity index (χ1) is 11.0. The van der Waals surface area contributed by atoms with E-state index in [0.29, 0.717) is 6.04 Å². The summed E-state index contributed by atoms with van der Waals surface area (Å²) in [5.41, 5.74) is 3.72. The van der Waals surface area contributed by atoms with Gasteiger partial charge in [0.2, 0.25) is 0 Å². The first-order valence-corrected chi connectivity index (χ1v) is 8.64. The minimum Gasteiger partial charge on any atom is -0.496 e. The van der Waals surface area contributed by atoms with E-state index in [1.54, 1.807) is 14.2 Å². The van der Waals surface area contributed by atoms with Crippen LogP contribution in [0.25, 0.3) is 0 Å². The molecule has 1 aliphatic rings. The van der Waals surface area contributed by atoms with E-state index in [1.807, 2.05) is 18.2 Å². The average molecular weight is 397 g/mol. The van der Waals surface area contributed by atoms with Crippen LogP contribution in [0.3, 0.4) is 0 Å². The predicted octanol–water partition coefficient (Wildman–Crippen LogP) is 5.20. The molecule has 0 bridgehead atoms. The summed E-state index contributed by atoms with van der Waals surface area (Å²) in [6, 6.07) is 10.3. The third-order valence-corrected chi connectivity index (χ3v) is 5.59. The van der Waals surface area contributed by atoms with Crippen LogP contribution in [0.4, 0.5) is 0 Å². The van der Waals surface area contributed by atoms with Crippen molar-refractivity contribution in [2.75, 3.05) is 14.2 Å². The lowest BCUT2D eigenvalue weighted by molar-refractivity contribution is 0.213. The van der Waals surface area contributed by atoms with Gasteiger partial charge in [0.1, 0.15) is 11.5 Å². The second kappa shape index (κ2) is 6.71. The maximum absolute atomic E-state index is 5.99. The smallest absolute Gasteiger partial charge is 0.137 e. The molecular formula is C18H19BrClNO2. The number of methoxy groups -OCH3 is 2. The van der Waals surface area contributed by atoms with Crippen molar-refractivity contribution in [2.45, 2.75) is 26.1 Å². The lowest BCUT2D eigenvalue weighted by Crippen LogP contribution is -2.20. The molecule has 122 valence electrons. The van der Waals surface area contributed by atoms with Gasteiger partial charge in [-0.3, -0.25) is 4.90 Å². The Kier molecular flexibility index (Phi) is 4.85. The zero-order chi connectivity index (χ0) is 16.6. The normalized spacial score (nSPS) is 15.3. The summed E-state index contributed by atoms with van der Waals surface area (Å²) in [5.74, 6) is 1.69. The van der Waals surface area contributed by atoms with E-state index in [2.05, 4.69) is 39.9 Å². The third kappa shape index (κ3) is 3.08. The number of hydrogen-bond donors (Lipinski definition) is 0. The van der Waals surface area contributed by atoms with Crippen LogP contribution in [0.5, 0.6) is 11.5 Å². The maximum Gasteiger partial charge on any atom is 0.137 e. The number of hydrogen-bond acceptors (Lipinski definition) is 3. The molecule has 0 spiro atoms. The largest absolute Gasteiger partial charge is 0.496 e. The van der Waals surface area contributed by atoms with E-state index in [4.69, 9.17) is 21.1 Å². The number of benzene rings is 2. The first-order valence-electron chi connectivity index (χ1n) is 7.47. The third-order valence-electron chi connectivity index (χ3n) is 4.47. The molecule has 1 unspecified atom stereocenters. The topological polar surface area (TPSA) is 21.7 Å². The second-order valence-electron chi connectivity index (χ2n) is 5.68. The first kappa shape index (κ1) is 16.6. The van der Waals surface area contributed by atoms with Gasteiger partial charge in [-0.25, -0.2) is 0 Å². The van der Waals surface area contributed by atoms with Gasteiger partial charge in [0.05, 0.1) is 18.7 Å². The van der Waals surface area contributed by atoms with E-state index in [9.17, 15) is 0 Å². The van der Waals surface area contributed by atoms with Gasteiger partial charge >= 0.3 is 0 Å². The Labute approximate surface area is 150 Å². The molecule has 1 atom stereocenters. The molecule has 0 aliphatic carbocycles. The molecule has 0 saturated heterocycles. The molecule has 0 saturated carbocycles. The van der Waals surface area contributed by atoms with Gasteiger partial charge in [-0.15, -0.1) is 0 Å². The fraction of sp³-hybridized carbons (Fsp3) is 0.333. The summed E-state index contributed by atoms with van der Waals surface area (Å²) in [7, 11) is 3.38. The van der Waals surface area contributed by atoms with Crippen molar-refractivity contribution < 1.29 is 9.47 Å². The highest BCUT2D eigenvalue weighted by Crippen LogP contribution is 2.44. The molecule has 0 N–H and O–H groups in total. The molecule has 2 aromatic carbocycles. The van der Waals surface area contributed by atoms with Crippen molar-refractivity contribution in [2.24, 2.45) is 0 Å². The van der Waals surface area contributed by atoms with E-state index >= 15 is 0 Å². The molecule has 0 aromatic heterocycles. The van der Waals surface area contributed by atoms with Crippen molar-refractivity contribution in [1.29, 1.82) is 0 Å². The molecule has 1 aliphatic heterocycles. The Bertz CT molecular complexity index is 718. The molecular weight excluding hydrogens is 378 g/mol. The minimum absolute atomic E-state index is 0.294. The highest BCUT2D eigenvalue weighted by Gasteiger charge is 2.30. The van der Waals surface area contributed by atoms with Crippen LogP contribution in [0.2, 0.25) is 5.02 Å². The van der Waals surface area contributed by atoms with E-state index in [-0.39, 0.29) is 0 Å². The average Bonchev–Trinajstić information content (AvgIpc) is 3.01. The molecule has 2 aromatic rings. The lowest BCUT2D eigenvalue weighted by Gasteiger charge is -2.24. The van der Waals surface area contributed by atoms with Crippen LogP contribution >= 0.6 is 27.5 Å². The van der Waals surface area contributed by atoms with Gasteiger partial charge in [-0.2, -0.15) is 0 Å². The van der Waals surface area contributed by atoms with Gasteiger partial charge < -0.3 is 9.47 Å². The monoisotopic (exact) mass is 395 g/mol. The Hall–Kier alpha value is -1.23. The van der Waals surface area contributed by atoms with Gasteiger partial charge in [0, 0.05) is 35.8 Å². The van der Waals surface area contributed by atoms with Crippen molar-refractivity contribution in [3.05, 3.63) is 56.5 Å². The number of halogens is 2. The van der Waals surface area contributed by atoms with Crippen LogP contribution in [0.1, 0.15) is 29.7 Å². The van der Waals surface area contributed by atoms with Crippen molar-refractivity contribution in [3.8, 4) is 11.5 Å². The van der Waals surface area contributed by atoms with E-state index in [0.717, 1.165) is 34.1 Å². The Morgan fingerprint density at radius 1 is 1.04 bits per heavy atom. The Balaban J connectivity index is 1.91. The fourth-order valence-corrected chi connectivity index (χ4v) is 3.82. The van der Waals surface area contributed by atoms with Gasteiger partial charge in [0.15, 0.2) is 0 Å². The summed E-state index contributed by atoms with van der Waals surface area (Å²) in [6.07, 6.45) is 0. The standard InChI is InChI=1S/C18H19BrClNO2/c1-11(12-4-6-13(20)7-5-12)21-9-14-15(10-21)18(19)17(23-3)8-16(14)22-2/h4-8,11H,9-10H2,1-3H3. The van der Waals surface area contributed by atoms with Gasteiger partial charge in [-0.05, 0) is 46.1 Å². The summed E-state index contributed by atoms with van der Waals surface area (Å²) in [5, 5.41) is 0.764. The number of rotatable bonds is 4. The van der Waals surface area contributed by atoms with Crippen molar-refractivity contribution >= 4 is 27.5 Å². The molecule has 23 heavy (non-hydrogen) atoms. The summed E-state index contributed by atoms with van der Waals surface area (Å²) in [4.78, 5) is 2.42. The van der Waals surface area contributed by atoms with Crippen molar-refractivity contribution in [3.63, 3.8) is 0 Å². The number of nitrogens with zero attached hydrogens (tertiary/aromatic N) is 1. The summed E-state index contributed by atoms with van der Waals surface area (Å²) in [6.45, 7) is 3.92. The number of ether oxygens (including phenoxy) is 2. The predicted molar refractivity (Wildman–Crippen MR) is 96.4 cm³/mol. The van der Waals surface area contributed by atoms with Gasteiger partial charge in [0.25, 0.3) is 0 Å². The Morgan fingerprint density at radius 2 is 1.65 bits per heavy atom. The molecule has 3 rings (SSSR count). The minimum atomic E-state index is 0.294. The fourth-order valence-electron chi connectivity index (χ4n) is 3.06. The molecule has 1 heterocycles. The van der Waals surface area contributed by atoms with Crippen LogP contribution in [0.15, 0.2) is 34.8 Å².